The Bertz CT molecular complexity index is 1170. The topological polar surface area (TPSA) is 115 Å². The molecule has 4 rings (SSSR count). The number of ether oxygens (including phenoxy) is 2. The minimum Gasteiger partial charge on any atom is -0.493 e. The maximum absolute atomic E-state index is 12.7. The Morgan fingerprint density at radius 3 is 2.58 bits per heavy atom. The summed E-state index contributed by atoms with van der Waals surface area (Å²) in [6.45, 7) is 0. The summed E-state index contributed by atoms with van der Waals surface area (Å²) >= 11 is 1.53. The zero-order valence-electron chi connectivity index (χ0n) is 18.3. The highest BCUT2D eigenvalue weighted by Gasteiger charge is 2.35. The van der Waals surface area contributed by atoms with Crippen molar-refractivity contribution in [2.45, 2.75) is 23.5 Å². The van der Waals surface area contributed by atoms with Crippen LogP contribution in [0.5, 0.6) is 11.5 Å². The van der Waals surface area contributed by atoms with Crippen LogP contribution in [0.4, 0.5) is 0 Å². The van der Waals surface area contributed by atoms with Gasteiger partial charge in [0.2, 0.25) is 5.91 Å². The standard InChI is InChI=1S/C24H26N4O4S/c1-31-18-11-10-15(12-19(18)32-2)22(29)26-20-21(25)27-24(28-23(20)30)33-13-16-8-5-7-14-6-3-4-9-17(14)16/h3-12,20-21,24,27H,13,25H2,1-2H3,(H,26,29)(H,28,30). The molecule has 1 aliphatic rings. The molecular formula is C24H26N4O4S. The van der Waals surface area contributed by atoms with E-state index in [0.717, 1.165) is 0 Å². The summed E-state index contributed by atoms with van der Waals surface area (Å²) in [6, 6.07) is 18.2. The summed E-state index contributed by atoms with van der Waals surface area (Å²) in [5.74, 6) is 0.842. The monoisotopic (exact) mass is 466 g/mol. The highest BCUT2D eigenvalue weighted by atomic mass is 32.2. The van der Waals surface area contributed by atoms with E-state index in [0.29, 0.717) is 22.8 Å². The molecule has 172 valence electrons. The van der Waals surface area contributed by atoms with E-state index in [1.807, 2.05) is 18.2 Å². The molecule has 1 saturated heterocycles. The molecule has 0 spiro atoms. The van der Waals surface area contributed by atoms with Crippen molar-refractivity contribution in [3.8, 4) is 11.5 Å². The van der Waals surface area contributed by atoms with Gasteiger partial charge in [-0.05, 0) is 34.5 Å². The number of amides is 2. The van der Waals surface area contributed by atoms with Gasteiger partial charge in [-0.3, -0.25) is 14.9 Å². The van der Waals surface area contributed by atoms with Crippen LogP contribution in [0.1, 0.15) is 15.9 Å². The molecule has 0 aliphatic carbocycles. The van der Waals surface area contributed by atoms with Crippen molar-refractivity contribution in [2.24, 2.45) is 5.73 Å². The van der Waals surface area contributed by atoms with Gasteiger partial charge in [-0.25, -0.2) is 0 Å². The van der Waals surface area contributed by atoms with Crippen molar-refractivity contribution in [2.75, 3.05) is 14.2 Å². The lowest BCUT2D eigenvalue weighted by Crippen LogP contribution is -2.70. The van der Waals surface area contributed by atoms with E-state index in [1.54, 1.807) is 18.2 Å². The van der Waals surface area contributed by atoms with Crippen molar-refractivity contribution < 1.29 is 19.1 Å². The largest absolute Gasteiger partial charge is 0.493 e. The summed E-state index contributed by atoms with van der Waals surface area (Å²) < 4.78 is 10.4. The number of carbonyl (C=O) groups is 2. The smallest absolute Gasteiger partial charge is 0.252 e. The van der Waals surface area contributed by atoms with E-state index < -0.39 is 18.1 Å². The van der Waals surface area contributed by atoms with Crippen LogP contribution in [-0.2, 0) is 10.5 Å². The Kier molecular flexibility index (Phi) is 7.02. The first-order chi connectivity index (χ1) is 16.0. The Balaban J connectivity index is 1.38. The van der Waals surface area contributed by atoms with Gasteiger partial charge in [0.25, 0.3) is 5.91 Å². The number of fused-ring (bicyclic) bond motifs is 1. The molecule has 2 amide bonds. The second-order valence-electron chi connectivity index (χ2n) is 7.55. The Morgan fingerprint density at radius 2 is 1.82 bits per heavy atom. The number of hydrogen-bond donors (Lipinski definition) is 4. The fourth-order valence-corrected chi connectivity index (χ4v) is 4.78. The van der Waals surface area contributed by atoms with Crippen LogP contribution in [0.2, 0.25) is 0 Å². The zero-order chi connectivity index (χ0) is 23.4. The highest BCUT2D eigenvalue weighted by molar-refractivity contribution is 7.99. The van der Waals surface area contributed by atoms with Crippen LogP contribution in [0.3, 0.4) is 0 Å². The fourth-order valence-electron chi connectivity index (χ4n) is 3.73. The summed E-state index contributed by atoms with van der Waals surface area (Å²) in [4.78, 5) is 25.4. The lowest BCUT2D eigenvalue weighted by molar-refractivity contribution is -0.125. The summed E-state index contributed by atoms with van der Waals surface area (Å²) in [7, 11) is 3.01. The Morgan fingerprint density at radius 1 is 1.06 bits per heavy atom. The Labute approximate surface area is 196 Å². The average molecular weight is 467 g/mol. The van der Waals surface area contributed by atoms with E-state index >= 15 is 0 Å². The number of nitrogens with two attached hydrogens (primary N) is 1. The van der Waals surface area contributed by atoms with Gasteiger partial charge in [0.1, 0.15) is 11.5 Å². The molecule has 5 N–H and O–H groups in total. The molecule has 3 atom stereocenters. The number of hydrogen-bond acceptors (Lipinski definition) is 7. The molecular weight excluding hydrogens is 440 g/mol. The van der Waals surface area contributed by atoms with Crippen LogP contribution in [0.15, 0.2) is 60.7 Å². The van der Waals surface area contributed by atoms with Gasteiger partial charge in [0.15, 0.2) is 11.5 Å². The van der Waals surface area contributed by atoms with E-state index in [1.165, 1.54) is 42.3 Å². The van der Waals surface area contributed by atoms with E-state index in [4.69, 9.17) is 15.2 Å². The van der Waals surface area contributed by atoms with Crippen molar-refractivity contribution in [1.29, 1.82) is 0 Å². The minimum atomic E-state index is -0.917. The van der Waals surface area contributed by atoms with Crippen molar-refractivity contribution in [1.82, 2.24) is 16.0 Å². The predicted octanol–water partition coefficient (Wildman–Crippen LogP) is 2.18. The molecule has 1 heterocycles. The second-order valence-corrected chi connectivity index (χ2v) is 8.64. The molecule has 8 nitrogen and oxygen atoms in total. The van der Waals surface area contributed by atoms with Gasteiger partial charge in [0.05, 0.1) is 20.4 Å². The van der Waals surface area contributed by atoms with Crippen molar-refractivity contribution >= 4 is 34.3 Å². The lowest BCUT2D eigenvalue weighted by atomic mass is 10.1. The molecule has 9 heteroatoms. The Hall–Kier alpha value is -3.27. The van der Waals surface area contributed by atoms with Gasteiger partial charge in [-0.15, -0.1) is 11.8 Å². The molecule has 1 fully saturated rings. The summed E-state index contributed by atoms with van der Waals surface area (Å²) in [5.41, 5.74) is 7.33. The third-order valence-electron chi connectivity index (χ3n) is 5.48. The van der Waals surface area contributed by atoms with Gasteiger partial charge in [-0.2, -0.15) is 0 Å². The number of thioether (sulfide) groups is 1. The highest BCUT2D eigenvalue weighted by Crippen LogP contribution is 2.28. The third-order valence-corrected chi connectivity index (χ3v) is 6.54. The molecule has 0 aromatic heterocycles. The molecule has 3 unspecified atom stereocenters. The zero-order valence-corrected chi connectivity index (χ0v) is 19.1. The quantitative estimate of drug-likeness (QED) is 0.422. The van der Waals surface area contributed by atoms with Crippen molar-refractivity contribution in [3.05, 3.63) is 71.8 Å². The van der Waals surface area contributed by atoms with E-state index in [9.17, 15) is 9.59 Å². The number of carbonyl (C=O) groups excluding carboxylic acids is 2. The first-order valence-corrected chi connectivity index (χ1v) is 11.5. The van der Waals surface area contributed by atoms with Gasteiger partial charge in [-0.1, -0.05) is 42.5 Å². The minimum absolute atomic E-state index is 0.333. The van der Waals surface area contributed by atoms with Crippen LogP contribution in [0, 0.1) is 0 Å². The lowest BCUT2D eigenvalue weighted by Gasteiger charge is -2.35. The van der Waals surface area contributed by atoms with Gasteiger partial charge >= 0.3 is 0 Å². The van der Waals surface area contributed by atoms with Crippen molar-refractivity contribution in [3.63, 3.8) is 0 Å². The van der Waals surface area contributed by atoms with Crippen LogP contribution >= 0.6 is 11.8 Å². The predicted molar refractivity (Wildman–Crippen MR) is 129 cm³/mol. The number of nitrogens with one attached hydrogen (secondary N) is 3. The van der Waals surface area contributed by atoms with E-state index in [2.05, 4.69) is 40.2 Å². The SMILES string of the molecule is COc1ccc(C(=O)NC2C(=O)NC(SCc3cccc4ccccc34)NC2N)cc1OC. The first-order valence-electron chi connectivity index (χ1n) is 10.4. The maximum Gasteiger partial charge on any atom is 0.252 e. The van der Waals surface area contributed by atoms with Gasteiger partial charge in [0, 0.05) is 11.3 Å². The molecule has 0 bridgehead atoms. The summed E-state index contributed by atoms with van der Waals surface area (Å²) in [5, 5.41) is 11.1. The summed E-state index contributed by atoms with van der Waals surface area (Å²) in [6.07, 6.45) is -0.743. The molecule has 0 radical (unpaired) electrons. The number of rotatable bonds is 7. The van der Waals surface area contributed by atoms with Crippen LogP contribution in [-0.4, -0.2) is 43.7 Å². The number of methoxy groups -OCH3 is 2. The average Bonchev–Trinajstić information content (AvgIpc) is 2.84. The van der Waals surface area contributed by atoms with Gasteiger partial charge < -0.3 is 25.8 Å². The fraction of sp³-hybridized carbons (Fsp3) is 0.250. The number of benzene rings is 3. The van der Waals surface area contributed by atoms with Crippen LogP contribution < -0.4 is 31.2 Å². The normalized spacial score (nSPS) is 20.2. The van der Waals surface area contributed by atoms with Crippen LogP contribution in [0.25, 0.3) is 10.8 Å². The molecule has 1 aliphatic heterocycles. The maximum atomic E-state index is 12.7. The van der Waals surface area contributed by atoms with E-state index in [-0.39, 0.29) is 11.4 Å². The third kappa shape index (κ3) is 5.05. The molecule has 33 heavy (non-hydrogen) atoms. The molecule has 3 aromatic rings. The molecule has 3 aromatic carbocycles. The second kappa shape index (κ2) is 10.1. The first kappa shape index (κ1) is 22.9. The molecule has 0 saturated carbocycles.